The summed E-state index contributed by atoms with van der Waals surface area (Å²) in [7, 11) is 0. The summed E-state index contributed by atoms with van der Waals surface area (Å²) in [5, 5.41) is 6.20. The van der Waals surface area contributed by atoms with E-state index in [0.29, 0.717) is 13.2 Å². The van der Waals surface area contributed by atoms with Gasteiger partial charge in [-0.1, -0.05) is 19.4 Å². The number of thiophene rings is 1. The third-order valence-electron chi connectivity index (χ3n) is 3.78. The number of rotatable bonds is 6. The second-order valence-corrected chi connectivity index (χ2v) is 7.00. The highest BCUT2D eigenvalue weighted by molar-refractivity contribution is 7.80. The van der Waals surface area contributed by atoms with Gasteiger partial charge in [0.15, 0.2) is 16.6 Å². The highest BCUT2D eigenvalue weighted by atomic mass is 32.1. The molecule has 0 spiro atoms. The third kappa shape index (κ3) is 4.19. The Morgan fingerprint density at radius 2 is 2.08 bits per heavy atom. The van der Waals surface area contributed by atoms with E-state index in [1.54, 1.807) is 11.3 Å². The molecule has 0 unspecified atom stereocenters. The van der Waals surface area contributed by atoms with Crippen molar-refractivity contribution in [1.82, 2.24) is 5.32 Å². The number of nitrogens with zero attached hydrogens (tertiary/aromatic N) is 1. The first kappa shape index (κ1) is 17.0. The molecule has 0 aliphatic carbocycles. The first-order chi connectivity index (χ1) is 11.8. The van der Waals surface area contributed by atoms with Gasteiger partial charge in [-0.2, -0.15) is 0 Å². The fourth-order valence-corrected chi connectivity index (χ4v) is 3.47. The summed E-state index contributed by atoms with van der Waals surface area (Å²) in [5.74, 6) is 1.58. The molecule has 24 heavy (non-hydrogen) atoms. The van der Waals surface area contributed by atoms with Gasteiger partial charge in [0.2, 0.25) is 0 Å². The zero-order valence-electron chi connectivity index (χ0n) is 13.8. The Morgan fingerprint density at radius 3 is 2.83 bits per heavy atom. The Kier molecular flexibility index (Phi) is 5.93. The Morgan fingerprint density at radius 1 is 1.25 bits per heavy atom. The number of hydrogen-bond acceptors (Lipinski definition) is 4. The lowest BCUT2D eigenvalue weighted by Crippen LogP contribution is -2.39. The highest BCUT2D eigenvalue weighted by Gasteiger charge is 2.18. The van der Waals surface area contributed by atoms with Gasteiger partial charge in [-0.25, -0.2) is 0 Å². The first-order valence-electron chi connectivity index (χ1n) is 8.25. The molecule has 1 aromatic carbocycles. The molecule has 1 aliphatic heterocycles. The lowest BCUT2D eigenvalue weighted by atomic mass is 10.2. The standard InChI is InChI=1S/C18H22N2O2S2/c1-2-3-8-19-18(23)20(13-15-5-4-11-24-15)14-6-7-16-17(12-14)22-10-9-21-16/h4-7,11-12H,2-3,8-10,13H2,1H3,(H,19,23). The summed E-state index contributed by atoms with van der Waals surface area (Å²) in [6.45, 7) is 4.99. The molecule has 128 valence electrons. The van der Waals surface area contributed by atoms with Gasteiger partial charge in [0.1, 0.15) is 13.2 Å². The summed E-state index contributed by atoms with van der Waals surface area (Å²) in [5.41, 5.74) is 1.02. The highest BCUT2D eigenvalue weighted by Crippen LogP contribution is 2.34. The minimum absolute atomic E-state index is 0.584. The molecule has 0 fully saturated rings. The Hall–Kier alpha value is -1.79. The molecule has 0 saturated heterocycles. The van der Waals surface area contributed by atoms with Crippen LogP contribution in [0.4, 0.5) is 5.69 Å². The largest absolute Gasteiger partial charge is 0.486 e. The van der Waals surface area contributed by atoms with Crippen molar-refractivity contribution in [3.63, 3.8) is 0 Å². The van der Waals surface area contributed by atoms with Crippen molar-refractivity contribution in [3.05, 3.63) is 40.6 Å². The van der Waals surface area contributed by atoms with E-state index >= 15 is 0 Å². The van der Waals surface area contributed by atoms with Crippen LogP contribution in [-0.4, -0.2) is 24.9 Å². The van der Waals surface area contributed by atoms with Crippen molar-refractivity contribution in [2.24, 2.45) is 0 Å². The molecule has 0 radical (unpaired) electrons. The Labute approximate surface area is 152 Å². The minimum atomic E-state index is 0.584. The predicted molar refractivity (Wildman–Crippen MR) is 103 cm³/mol. The van der Waals surface area contributed by atoms with Crippen molar-refractivity contribution < 1.29 is 9.47 Å². The second-order valence-electron chi connectivity index (χ2n) is 5.58. The molecule has 1 aliphatic rings. The van der Waals surface area contributed by atoms with Gasteiger partial charge in [0.25, 0.3) is 0 Å². The van der Waals surface area contributed by atoms with Crippen LogP contribution in [0.15, 0.2) is 35.7 Å². The second kappa shape index (κ2) is 8.35. The fraction of sp³-hybridized carbons (Fsp3) is 0.389. The first-order valence-corrected chi connectivity index (χ1v) is 9.54. The summed E-state index contributed by atoms with van der Waals surface area (Å²) < 4.78 is 11.3. The van der Waals surface area contributed by atoms with Crippen LogP contribution < -0.4 is 19.7 Å². The van der Waals surface area contributed by atoms with E-state index in [1.165, 1.54) is 4.88 Å². The molecule has 6 heteroatoms. The molecule has 4 nitrogen and oxygen atoms in total. The van der Waals surface area contributed by atoms with Gasteiger partial charge in [-0.05, 0) is 42.2 Å². The maximum absolute atomic E-state index is 5.72. The number of hydrogen-bond donors (Lipinski definition) is 1. The van der Waals surface area contributed by atoms with Crippen molar-refractivity contribution in [2.45, 2.75) is 26.3 Å². The molecule has 2 heterocycles. The van der Waals surface area contributed by atoms with Crippen molar-refractivity contribution in [3.8, 4) is 11.5 Å². The SMILES string of the molecule is CCCCNC(=S)N(Cc1cccs1)c1ccc2c(c1)OCCO2. The zero-order valence-corrected chi connectivity index (χ0v) is 15.4. The van der Waals surface area contributed by atoms with E-state index in [2.05, 4.69) is 34.7 Å². The number of benzene rings is 1. The maximum atomic E-state index is 5.72. The summed E-state index contributed by atoms with van der Waals surface area (Å²) in [6.07, 6.45) is 2.25. The fourth-order valence-electron chi connectivity index (χ4n) is 2.51. The molecule has 0 saturated carbocycles. The van der Waals surface area contributed by atoms with Crippen molar-refractivity contribution in [2.75, 3.05) is 24.7 Å². The van der Waals surface area contributed by atoms with Crippen LogP contribution in [0.5, 0.6) is 11.5 Å². The van der Waals surface area contributed by atoms with E-state index in [0.717, 1.165) is 48.2 Å². The van der Waals surface area contributed by atoms with Gasteiger partial charge in [0, 0.05) is 23.2 Å². The number of anilines is 1. The number of unbranched alkanes of at least 4 members (excludes halogenated alkanes) is 1. The summed E-state index contributed by atoms with van der Waals surface area (Å²) >= 11 is 7.38. The monoisotopic (exact) mass is 362 g/mol. The van der Waals surface area contributed by atoms with E-state index in [9.17, 15) is 0 Å². The zero-order chi connectivity index (χ0) is 16.8. The minimum Gasteiger partial charge on any atom is -0.486 e. The number of ether oxygens (including phenoxy) is 2. The predicted octanol–water partition coefficient (Wildman–Crippen LogP) is 4.20. The molecular weight excluding hydrogens is 340 g/mol. The molecule has 0 amide bonds. The smallest absolute Gasteiger partial charge is 0.173 e. The van der Waals surface area contributed by atoms with Gasteiger partial charge in [-0.3, -0.25) is 0 Å². The van der Waals surface area contributed by atoms with Crippen LogP contribution >= 0.6 is 23.6 Å². The third-order valence-corrected chi connectivity index (χ3v) is 5.01. The Bertz CT molecular complexity index is 674. The molecule has 1 aromatic heterocycles. The normalized spacial score (nSPS) is 12.7. The maximum Gasteiger partial charge on any atom is 0.173 e. The molecule has 1 N–H and O–H groups in total. The molecule has 3 rings (SSSR count). The average molecular weight is 363 g/mol. The molecular formula is C18H22N2O2S2. The van der Waals surface area contributed by atoms with Gasteiger partial charge < -0.3 is 19.7 Å². The molecule has 2 aromatic rings. The van der Waals surface area contributed by atoms with E-state index in [4.69, 9.17) is 21.7 Å². The molecule has 0 atom stereocenters. The van der Waals surface area contributed by atoms with Crippen LogP contribution in [0.1, 0.15) is 24.6 Å². The number of nitrogens with one attached hydrogen (secondary N) is 1. The Balaban J connectivity index is 1.81. The van der Waals surface area contributed by atoms with Crippen LogP contribution in [0, 0.1) is 0 Å². The van der Waals surface area contributed by atoms with Crippen molar-refractivity contribution in [1.29, 1.82) is 0 Å². The topological polar surface area (TPSA) is 33.7 Å². The molecule has 0 bridgehead atoms. The summed E-state index contributed by atoms with van der Waals surface area (Å²) in [6, 6.07) is 10.2. The average Bonchev–Trinajstić information content (AvgIpc) is 3.12. The number of fused-ring (bicyclic) bond motifs is 1. The van der Waals surface area contributed by atoms with E-state index < -0.39 is 0 Å². The van der Waals surface area contributed by atoms with Crippen LogP contribution in [-0.2, 0) is 6.54 Å². The van der Waals surface area contributed by atoms with Gasteiger partial charge >= 0.3 is 0 Å². The van der Waals surface area contributed by atoms with Crippen LogP contribution in [0.25, 0.3) is 0 Å². The van der Waals surface area contributed by atoms with Crippen LogP contribution in [0.3, 0.4) is 0 Å². The quantitative estimate of drug-likeness (QED) is 0.615. The lowest BCUT2D eigenvalue weighted by Gasteiger charge is -2.27. The van der Waals surface area contributed by atoms with Gasteiger partial charge in [-0.15, -0.1) is 11.3 Å². The number of thiocarbonyl (C=S) groups is 1. The lowest BCUT2D eigenvalue weighted by molar-refractivity contribution is 0.171. The van der Waals surface area contributed by atoms with Crippen LogP contribution in [0.2, 0.25) is 0 Å². The van der Waals surface area contributed by atoms with E-state index in [1.807, 2.05) is 18.2 Å². The summed E-state index contributed by atoms with van der Waals surface area (Å²) in [4.78, 5) is 3.39. The van der Waals surface area contributed by atoms with Gasteiger partial charge in [0.05, 0.1) is 6.54 Å². The van der Waals surface area contributed by atoms with Crippen molar-refractivity contribution >= 4 is 34.4 Å². The van der Waals surface area contributed by atoms with E-state index in [-0.39, 0.29) is 0 Å².